The molecule has 0 aliphatic heterocycles. The molecular formula is C42H88O2Si. The molecule has 0 saturated carbocycles. The molecule has 3 heteroatoms. The van der Waals surface area contributed by atoms with E-state index in [9.17, 15) is 0 Å². The molecule has 0 fully saturated rings. The van der Waals surface area contributed by atoms with Gasteiger partial charge in [-0.1, -0.05) is 232 Å². The van der Waals surface area contributed by atoms with E-state index in [1.165, 1.54) is 230 Å². The van der Waals surface area contributed by atoms with E-state index in [1.807, 2.05) is 0 Å². The Morgan fingerprint density at radius 1 is 0.244 bits per heavy atom. The lowest BCUT2D eigenvalue weighted by atomic mass is 10.0. The molecule has 0 bridgehead atoms. The van der Waals surface area contributed by atoms with Gasteiger partial charge in [-0.05, 0) is 25.9 Å². The molecule has 0 radical (unpaired) electrons. The molecule has 45 heavy (non-hydrogen) atoms. The highest BCUT2D eigenvalue weighted by atomic mass is 28.4. The average molecular weight is 653 g/mol. The molecule has 0 amide bonds. The van der Waals surface area contributed by atoms with Crippen molar-refractivity contribution in [1.29, 1.82) is 0 Å². The first-order chi connectivity index (χ1) is 22.2. The largest absolute Gasteiger partial charge is 0.394 e. The van der Waals surface area contributed by atoms with Crippen molar-refractivity contribution in [3.63, 3.8) is 0 Å². The standard InChI is InChI=1S/C42H88O2Si/c1-5-9-11-13-15-17-19-21-23-25-27-29-31-33-35-37-39-41-45(43-7-3,44-8-4)42-40-38-36-34-32-30-28-26-24-22-20-18-16-14-12-10-6-2/h5-42H2,1-4H3. The van der Waals surface area contributed by atoms with Crippen LogP contribution in [-0.4, -0.2) is 21.8 Å². The van der Waals surface area contributed by atoms with Crippen molar-refractivity contribution >= 4 is 8.56 Å². The van der Waals surface area contributed by atoms with Gasteiger partial charge in [-0.3, -0.25) is 0 Å². The summed E-state index contributed by atoms with van der Waals surface area (Å²) in [5.74, 6) is 0. The van der Waals surface area contributed by atoms with Crippen molar-refractivity contribution in [2.75, 3.05) is 13.2 Å². The van der Waals surface area contributed by atoms with Crippen LogP contribution in [0.4, 0.5) is 0 Å². The predicted molar refractivity (Wildman–Crippen MR) is 207 cm³/mol. The van der Waals surface area contributed by atoms with Crippen LogP contribution in [0.1, 0.15) is 246 Å². The zero-order valence-corrected chi connectivity index (χ0v) is 33.2. The molecule has 0 aromatic rings. The number of hydrogen-bond donors (Lipinski definition) is 0. The Kier molecular flexibility index (Phi) is 38.7. The van der Waals surface area contributed by atoms with Gasteiger partial charge < -0.3 is 8.85 Å². The fraction of sp³-hybridized carbons (Fsp3) is 1.00. The third-order valence-electron chi connectivity index (χ3n) is 10.1. The molecule has 0 saturated heterocycles. The number of unbranched alkanes of at least 4 members (excludes halogenated alkanes) is 32. The molecular weight excluding hydrogens is 565 g/mol. The quantitative estimate of drug-likeness (QED) is 0.0484. The Bertz CT molecular complexity index is 479. The van der Waals surface area contributed by atoms with Crippen molar-refractivity contribution in [3.05, 3.63) is 0 Å². The first-order valence-corrected chi connectivity index (χ1v) is 23.8. The molecule has 0 aromatic carbocycles. The lowest BCUT2D eigenvalue weighted by molar-refractivity contribution is 0.180. The minimum absolute atomic E-state index is 0.824. The summed E-state index contributed by atoms with van der Waals surface area (Å²) in [4.78, 5) is 0. The van der Waals surface area contributed by atoms with Crippen LogP contribution >= 0.6 is 0 Å². The Labute approximate surface area is 288 Å². The highest BCUT2D eigenvalue weighted by Gasteiger charge is 2.35. The van der Waals surface area contributed by atoms with Crippen LogP contribution in [0.2, 0.25) is 12.1 Å². The van der Waals surface area contributed by atoms with Gasteiger partial charge in [0.05, 0.1) is 0 Å². The van der Waals surface area contributed by atoms with Gasteiger partial charge in [-0.25, -0.2) is 0 Å². The summed E-state index contributed by atoms with van der Waals surface area (Å²) in [6, 6.07) is 2.43. The maximum Gasteiger partial charge on any atom is 0.338 e. The third kappa shape index (κ3) is 33.8. The summed E-state index contributed by atoms with van der Waals surface area (Å²) >= 11 is 0. The molecule has 0 atom stereocenters. The first kappa shape index (κ1) is 45.1. The maximum atomic E-state index is 6.44. The highest BCUT2D eigenvalue weighted by molar-refractivity contribution is 6.67. The minimum Gasteiger partial charge on any atom is -0.394 e. The van der Waals surface area contributed by atoms with Crippen LogP contribution in [0.3, 0.4) is 0 Å². The number of hydrogen-bond acceptors (Lipinski definition) is 2. The van der Waals surface area contributed by atoms with Gasteiger partial charge in [0.2, 0.25) is 0 Å². The van der Waals surface area contributed by atoms with Gasteiger partial charge in [0, 0.05) is 13.2 Å². The van der Waals surface area contributed by atoms with Crippen molar-refractivity contribution in [2.45, 2.75) is 258 Å². The molecule has 0 rings (SSSR count). The molecule has 0 aliphatic carbocycles. The Morgan fingerprint density at radius 2 is 0.422 bits per heavy atom. The zero-order chi connectivity index (χ0) is 32.8. The van der Waals surface area contributed by atoms with Crippen LogP contribution in [0.5, 0.6) is 0 Å². The van der Waals surface area contributed by atoms with E-state index >= 15 is 0 Å². The van der Waals surface area contributed by atoms with Gasteiger partial charge in [0.25, 0.3) is 0 Å². The molecule has 272 valence electrons. The summed E-state index contributed by atoms with van der Waals surface area (Å²) in [5, 5.41) is 0. The van der Waals surface area contributed by atoms with Gasteiger partial charge >= 0.3 is 8.56 Å². The van der Waals surface area contributed by atoms with Crippen molar-refractivity contribution in [2.24, 2.45) is 0 Å². The lowest BCUT2D eigenvalue weighted by Gasteiger charge is -2.30. The highest BCUT2D eigenvalue weighted by Crippen LogP contribution is 2.27. The monoisotopic (exact) mass is 653 g/mol. The minimum atomic E-state index is -2.01. The van der Waals surface area contributed by atoms with E-state index in [2.05, 4.69) is 27.7 Å². The second-order valence-electron chi connectivity index (χ2n) is 14.6. The summed E-state index contributed by atoms with van der Waals surface area (Å²) < 4.78 is 12.9. The fourth-order valence-corrected chi connectivity index (χ4v) is 10.8. The second-order valence-corrected chi connectivity index (χ2v) is 18.0. The van der Waals surface area contributed by atoms with E-state index in [1.54, 1.807) is 0 Å². The van der Waals surface area contributed by atoms with Crippen LogP contribution in [0, 0.1) is 0 Å². The molecule has 0 heterocycles. The summed E-state index contributed by atoms with van der Waals surface area (Å²) in [6.07, 6.45) is 48.8. The average Bonchev–Trinajstić information content (AvgIpc) is 3.04. The Morgan fingerprint density at radius 3 is 0.600 bits per heavy atom. The van der Waals surface area contributed by atoms with Crippen molar-refractivity contribution < 1.29 is 8.85 Å². The predicted octanol–water partition coefficient (Wildman–Crippen LogP) is 15.8. The van der Waals surface area contributed by atoms with Gasteiger partial charge in [0.15, 0.2) is 0 Å². The lowest BCUT2D eigenvalue weighted by Crippen LogP contribution is -2.42. The third-order valence-corrected chi connectivity index (χ3v) is 14.0. The molecule has 0 N–H and O–H groups in total. The van der Waals surface area contributed by atoms with Gasteiger partial charge in [-0.15, -0.1) is 0 Å². The Balaban J connectivity index is 3.70. The fourth-order valence-electron chi connectivity index (χ4n) is 7.22. The molecule has 0 aliphatic rings. The van der Waals surface area contributed by atoms with Crippen LogP contribution in [0.25, 0.3) is 0 Å². The normalized spacial score (nSPS) is 12.0. The summed E-state index contributed by atoms with van der Waals surface area (Å²) in [7, 11) is -2.01. The molecule has 0 unspecified atom stereocenters. The zero-order valence-electron chi connectivity index (χ0n) is 32.2. The van der Waals surface area contributed by atoms with Crippen molar-refractivity contribution in [3.8, 4) is 0 Å². The molecule has 0 spiro atoms. The van der Waals surface area contributed by atoms with E-state index in [0.717, 1.165) is 13.2 Å². The molecule has 2 nitrogen and oxygen atoms in total. The number of rotatable bonds is 40. The maximum absolute atomic E-state index is 6.44. The summed E-state index contributed by atoms with van der Waals surface area (Å²) in [6.45, 7) is 10.6. The summed E-state index contributed by atoms with van der Waals surface area (Å²) in [5.41, 5.74) is 0. The first-order valence-electron chi connectivity index (χ1n) is 21.5. The van der Waals surface area contributed by atoms with Gasteiger partial charge in [-0.2, -0.15) is 0 Å². The second kappa shape index (κ2) is 38.6. The van der Waals surface area contributed by atoms with E-state index in [4.69, 9.17) is 8.85 Å². The molecule has 0 aromatic heterocycles. The Hall–Kier alpha value is 0.137. The van der Waals surface area contributed by atoms with E-state index in [-0.39, 0.29) is 0 Å². The van der Waals surface area contributed by atoms with Gasteiger partial charge in [0.1, 0.15) is 0 Å². The van der Waals surface area contributed by atoms with E-state index < -0.39 is 8.56 Å². The van der Waals surface area contributed by atoms with Crippen LogP contribution in [0.15, 0.2) is 0 Å². The van der Waals surface area contributed by atoms with Crippen molar-refractivity contribution in [1.82, 2.24) is 0 Å². The topological polar surface area (TPSA) is 18.5 Å². The van der Waals surface area contributed by atoms with E-state index in [0.29, 0.717) is 0 Å². The SMILES string of the molecule is CCCCCCCCCCCCCCCCCCC[Si](CCCCCCCCCCCCCCCCCCC)(OCC)OCC. The van der Waals surface area contributed by atoms with Crippen LogP contribution < -0.4 is 0 Å². The van der Waals surface area contributed by atoms with Crippen LogP contribution in [-0.2, 0) is 8.85 Å². The smallest absolute Gasteiger partial charge is 0.338 e.